The molecule has 122 valence electrons. The van der Waals surface area contributed by atoms with Crippen LogP contribution in [0.4, 0.5) is 14.9 Å². The maximum absolute atomic E-state index is 14.3. The number of nitrogens with one attached hydrogen (secondary N) is 1. The first-order valence-electron chi connectivity index (χ1n) is 7.11. The minimum absolute atomic E-state index is 0.00117. The SMILES string of the molecule is CC(C)(C)OC(=O)N1CC[C@H](Nc2cnnc(Cl)c2)[C@H](F)C1. The average molecular weight is 331 g/mol. The number of anilines is 1. The highest BCUT2D eigenvalue weighted by atomic mass is 35.5. The summed E-state index contributed by atoms with van der Waals surface area (Å²) in [5, 5.41) is 10.6. The summed E-state index contributed by atoms with van der Waals surface area (Å²) in [4.78, 5) is 13.3. The Balaban J connectivity index is 1.91. The first-order valence-corrected chi connectivity index (χ1v) is 7.49. The zero-order chi connectivity index (χ0) is 16.3. The Hall–Kier alpha value is -1.63. The minimum Gasteiger partial charge on any atom is -0.444 e. The molecule has 1 fully saturated rings. The number of halogens is 2. The van der Waals surface area contributed by atoms with Gasteiger partial charge in [-0.3, -0.25) is 0 Å². The number of amides is 1. The molecule has 0 spiro atoms. The fourth-order valence-electron chi connectivity index (χ4n) is 2.19. The molecular weight excluding hydrogens is 311 g/mol. The normalized spacial score (nSPS) is 22.3. The summed E-state index contributed by atoms with van der Waals surface area (Å²) in [7, 11) is 0. The van der Waals surface area contributed by atoms with E-state index >= 15 is 0 Å². The molecule has 8 heteroatoms. The van der Waals surface area contributed by atoms with Crippen LogP contribution in [0.5, 0.6) is 0 Å². The lowest BCUT2D eigenvalue weighted by molar-refractivity contribution is 0.0125. The van der Waals surface area contributed by atoms with E-state index in [1.165, 1.54) is 11.1 Å². The third-order valence-corrected chi connectivity index (χ3v) is 3.35. The molecule has 1 saturated heterocycles. The number of rotatable bonds is 2. The molecule has 1 amide bonds. The second-order valence-electron chi connectivity index (χ2n) is 6.25. The summed E-state index contributed by atoms with van der Waals surface area (Å²) < 4.78 is 19.6. The van der Waals surface area contributed by atoms with E-state index in [1.54, 1.807) is 26.8 Å². The number of hydrogen-bond donors (Lipinski definition) is 1. The molecule has 2 heterocycles. The number of hydrogen-bond acceptors (Lipinski definition) is 5. The lowest BCUT2D eigenvalue weighted by atomic mass is 10.0. The molecule has 1 N–H and O–H groups in total. The van der Waals surface area contributed by atoms with Gasteiger partial charge in [0.05, 0.1) is 24.5 Å². The van der Waals surface area contributed by atoms with E-state index in [9.17, 15) is 9.18 Å². The largest absolute Gasteiger partial charge is 0.444 e. The van der Waals surface area contributed by atoms with Gasteiger partial charge in [-0.25, -0.2) is 9.18 Å². The third kappa shape index (κ3) is 4.69. The average Bonchev–Trinajstić information content (AvgIpc) is 2.39. The minimum atomic E-state index is -1.20. The number of nitrogens with zero attached hydrogens (tertiary/aromatic N) is 3. The van der Waals surface area contributed by atoms with Gasteiger partial charge in [-0.05, 0) is 27.2 Å². The highest BCUT2D eigenvalue weighted by molar-refractivity contribution is 6.29. The van der Waals surface area contributed by atoms with Crippen molar-refractivity contribution in [3.05, 3.63) is 17.4 Å². The van der Waals surface area contributed by atoms with Gasteiger partial charge in [0.25, 0.3) is 0 Å². The number of ether oxygens (including phenoxy) is 1. The van der Waals surface area contributed by atoms with E-state index in [2.05, 4.69) is 15.5 Å². The van der Waals surface area contributed by atoms with Gasteiger partial charge in [0.1, 0.15) is 11.8 Å². The van der Waals surface area contributed by atoms with Crippen molar-refractivity contribution < 1.29 is 13.9 Å². The van der Waals surface area contributed by atoms with E-state index in [0.29, 0.717) is 18.7 Å². The van der Waals surface area contributed by atoms with Crippen LogP contribution in [0.3, 0.4) is 0 Å². The molecule has 1 aliphatic heterocycles. The maximum atomic E-state index is 14.3. The van der Waals surface area contributed by atoms with Crippen molar-refractivity contribution in [2.24, 2.45) is 0 Å². The molecule has 1 aliphatic rings. The van der Waals surface area contributed by atoms with E-state index < -0.39 is 23.9 Å². The van der Waals surface area contributed by atoms with E-state index in [4.69, 9.17) is 16.3 Å². The highest BCUT2D eigenvalue weighted by Crippen LogP contribution is 2.21. The van der Waals surface area contributed by atoms with Gasteiger partial charge >= 0.3 is 6.09 Å². The van der Waals surface area contributed by atoms with Crippen molar-refractivity contribution >= 4 is 23.4 Å². The summed E-state index contributed by atoms with van der Waals surface area (Å²) in [6.45, 7) is 5.78. The molecule has 2 atom stereocenters. The van der Waals surface area contributed by atoms with Gasteiger partial charge in [-0.2, -0.15) is 5.10 Å². The predicted octanol–water partition coefficient (Wildman–Crippen LogP) is 2.89. The molecule has 1 aromatic heterocycles. The fourth-order valence-corrected chi connectivity index (χ4v) is 2.35. The quantitative estimate of drug-likeness (QED) is 0.903. The van der Waals surface area contributed by atoms with Crippen molar-refractivity contribution in [2.45, 2.75) is 45.0 Å². The number of carbonyl (C=O) groups excluding carboxylic acids is 1. The first-order chi connectivity index (χ1) is 10.2. The molecule has 0 saturated carbocycles. The van der Waals surface area contributed by atoms with Gasteiger partial charge in [0.2, 0.25) is 0 Å². The van der Waals surface area contributed by atoms with Crippen LogP contribution in [0.25, 0.3) is 0 Å². The van der Waals surface area contributed by atoms with Crippen LogP contribution in [0.15, 0.2) is 12.3 Å². The predicted molar refractivity (Wildman–Crippen MR) is 81.8 cm³/mol. The van der Waals surface area contributed by atoms with Crippen molar-refractivity contribution in [3.63, 3.8) is 0 Å². The summed E-state index contributed by atoms with van der Waals surface area (Å²) in [5.74, 6) is 0. The molecular formula is C14H20ClFN4O2. The molecule has 0 unspecified atom stereocenters. The van der Waals surface area contributed by atoms with Gasteiger partial charge in [-0.15, -0.1) is 5.10 Å². The number of piperidine rings is 1. The number of likely N-dealkylation sites (tertiary alicyclic amines) is 1. The smallest absolute Gasteiger partial charge is 0.410 e. The molecule has 22 heavy (non-hydrogen) atoms. The monoisotopic (exact) mass is 330 g/mol. The Morgan fingerprint density at radius 2 is 2.27 bits per heavy atom. The lowest BCUT2D eigenvalue weighted by Gasteiger charge is -2.36. The van der Waals surface area contributed by atoms with Crippen LogP contribution in [0.2, 0.25) is 5.15 Å². The Morgan fingerprint density at radius 1 is 1.55 bits per heavy atom. The van der Waals surface area contributed by atoms with Crippen LogP contribution >= 0.6 is 11.6 Å². The Kier molecular flexibility index (Phi) is 5.05. The molecule has 6 nitrogen and oxygen atoms in total. The Bertz CT molecular complexity index is 538. The van der Waals surface area contributed by atoms with Crippen LogP contribution in [0.1, 0.15) is 27.2 Å². The van der Waals surface area contributed by atoms with Gasteiger partial charge in [0.15, 0.2) is 5.15 Å². The van der Waals surface area contributed by atoms with Crippen molar-refractivity contribution in [3.8, 4) is 0 Å². The zero-order valence-electron chi connectivity index (χ0n) is 12.8. The summed E-state index contributed by atoms with van der Waals surface area (Å²) in [6.07, 6.45) is 0.273. The van der Waals surface area contributed by atoms with E-state index in [1.807, 2.05) is 0 Å². The Morgan fingerprint density at radius 3 is 2.86 bits per heavy atom. The molecule has 0 aromatic carbocycles. The summed E-state index contributed by atoms with van der Waals surface area (Å²) in [6, 6.07) is 1.18. The number of alkyl halides is 1. The van der Waals surface area contributed by atoms with Crippen LogP contribution in [-0.4, -0.2) is 52.1 Å². The maximum Gasteiger partial charge on any atom is 0.410 e. The molecule has 0 aliphatic carbocycles. The fraction of sp³-hybridized carbons (Fsp3) is 0.643. The lowest BCUT2D eigenvalue weighted by Crippen LogP contribution is -2.51. The topological polar surface area (TPSA) is 67.3 Å². The second kappa shape index (κ2) is 6.64. The zero-order valence-corrected chi connectivity index (χ0v) is 13.6. The number of aromatic nitrogens is 2. The second-order valence-corrected chi connectivity index (χ2v) is 6.64. The van der Waals surface area contributed by atoms with Crippen LogP contribution < -0.4 is 5.32 Å². The van der Waals surface area contributed by atoms with Crippen molar-refractivity contribution in [1.82, 2.24) is 15.1 Å². The molecule has 0 bridgehead atoms. The summed E-state index contributed by atoms with van der Waals surface area (Å²) >= 11 is 5.75. The van der Waals surface area contributed by atoms with Crippen molar-refractivity contribution in [1.29, 1.82) is 0 Å². The Labute approximate surface area is 134 Å². The summed E-state index contributed by atoms with van der Waals surface area (Å²) in [5.41, 5.74) is 0.0237. The molecule has 1 aromatic rings. The van der Waals surface area contributed by atoms with E-state index in [0.717, 1.165) is 0 Å². The van der Waals surface area contributed by atoms with E-state index in [-0.39, 0.29) is 11.7 Å². The third-order valence-electron chi connectivity index (χ3n) is 3.17. The van der Waals surface area contributed by atoms with Gasteiger partial charge in [-0.1, -0.05) is 11.6 Å². The number of carbonyl (C=O) groups is 1. The molecule has 2 rings (SSSR count). The van der Waals surface area contributed by atoms with Crippen molar-refractivity contribution in [2.75, 3.05) is 18.4 Å². The standard InChI is InChI=1S/C14H20ClFN4O2/c1-14(2,3)22-13(21)20-5-4-11(10(16)8-20)18-9-6-12(15)19-17-7-9/h6-7,10-11H,4-5,8H2,1-3H3,(H,18,19)/t10-,11+/m1/s1. The first kappa shape index (κ1) is 16.7. The van der Waals surface area contributed by atoms with Gasteiger partial charge < -0.3 is 15.0 Å². The van der Waals surface area contributed by atoms with Crippen LogP contribution in [0, 0.1) is 0 Å². The van der Waals surface area contributed by atoms with Gasteiger partial charge in [0, 0.05) is 12.6 Å². The highest BCUT2D eigenvalue weighted by Gasteiger charge is 2.33. The van der Waals surface area contributed by atoms with Crippen LogP contribution in [-0.2, 0) is 4.74 Å². The molecule has 0 radical (unpaired) electrons.